The standard InChI is InChI=1S/C17H27NO/c1-18(16-7-5-3-4-6-8-16)14-13-15-9-11-17(19-2)12-10-15/h9-12,16H,3-8,13-14H2,1-2H3. The first kappa shape index (κ1) is 14.4. The molecule has 0 atom stereocenters. The van der Waals surface area contributed by atoms with Crippen molar-refractivity contribution >= 4 is 0 Å². The SMILES string of the molecule is COc1ccc(CCN(C)C2CCCCCC2)cc1. The number of likely N-dealkylation sites (N-methyl/N-ethyl adjacent to an activating group) is 1. The number of nitrogens with zero attached hydrogens (tertiary/aromatic N) is 1. The molecular weight excluding hydrogens is 234 g/mol. The zero-order chi connectivity index (χ0) is 13.5. The lowest BCUT2D eigenvalue weighted by Gasteiger charge is -2.27. The van der Waals surface area contributed by atoms with E-state index in [9.17, 15) is 0 Å². The summed E-state index contributed by atoms with van der Waals surface area (Å²) in [4.78, 5) is 2.57. The summed E-state index contributed by atoms with van der Waals surface area (Å²) in [6, 6.07) is 9.28. The Kier molecular flexibility index (Phi) is 5.71. The van der Waals surface area contributed by atoms with E-state index in [1.807, 2.05) is 0 Å². The average molecular weight is 261 g/mol. The number of hydrogen-bond acceptors (Lipinski definition) is 2. The molecular formula is C17H27NO. The van der Waals surface area contributed by atoms with Crippen LogP contribution in [0.4, 0.5) is 0 Å². The van der Waals surface area contributed by atoms with Crippen LogP contribution in [0.1, 0.15) is 44.1 Å². The lowest BCUT2D eigenvalue weighted by molar-refractivity contribution is 0.223. The Bertz CT molecular complexity index is 352. The Hall–Kier alpha value is -1.02. The second kappa shape index (κ2) is 7.54. The average Bonchev–Trinajstić information content (AvgIpc) is 2.74. The molecule has 1 aliphatic rings. The molecule has 1 aromatic carbocycles. The van der Waals surface area contributed by atoms with Crippen molar-refractivity contribution in [3.05, 3.63) is 29.8 Å². The van der Waals surface area contributed by atoms with Crippen LogP contribution in [-0.4, -0.2) is 31.6 Å². The van der Waals surface area contributed by atoms with Gasteiger partial charge < -0.3 is 9.64 Å². The fraction of sp³-hybridized carbons (Fsp3) is 0.647. The van der Waals surface area contributed by atoms with Crippen molar-refractivity contribution in [3.63, 3.8) is 0 Å². The maximum absolute atomic E-state index is 5.19. The third-order valence-electron chi connectivity index (χ3n) is 4.36. The molecule has 2 heteroatoms. The van der Waals surface area contributed by atoms with Gasteiger partial charge in [-0.05, 0) is 44.0 Å². The van der Waals surface area contributed by atoms with Crippen LogP contribution in [-0.2, 0) is 6.42 Å². The van der Waals surface area contributed by atoms with Crippen LogP contribution in [0, 0.1) is 0 Å². The zero-order valence-corrected chi connectivity index (χ0v) is 12.4. The van der Waals surface area contributed by atoms with Gasteiger partial charge >= 0.3 is 0 Å². The topological polar surface area (TPSA) is 12.5 Å². The van der Waals surface area contributed by atoms with Crippen LogP contribution in [0.25, 0.3) is 0 Å². The Morgan fingerprint density at radius 3 is 2.26 bits per heavy atom. The summed E-state index contributed by atoms with van der Waals surface area (Å²) in [5.41, 5.74) is 1.40. The fourth-order valence-electron chi connectivity index (χ4n) is 2.98. The van der Waals surface area contributed by atoms with Gasteiger partial charge in [-0.3, -0.25) is 0 Å². The third kappa shape index (κ3) is 4.54. The van der Waals surface area contributed by atoms with Crippen molar-refractivity contribution in [2.24, 2.45) is 0 Å². The highest BCUT2D eigenvalue weighted by molar-refractivity contribution is 5.27. The maximum Gasteiger partial charge on any atom is 0.118 e. The highest BCUT2D eigenvalue weighted by Gasteiger charge is 2.16. The summed E-state index contributed by atoms with van der Waals surface area (Å²) in [7, 11) is 4.01. The van der Waals surface area contributed by atoms with Crippen molar-refractivity contribution in [2.75, 3.05) is 20.7 Å². The maximum atomic E-state index is 5.19. The molecule has 19 heavy (non-hydrogen) atoms. The van der Waals surface area contributed by atoms with E-state index in [4.69, 9.17) is 4.74 Å². The van der Waals surface area contributed by atoms with Crippen molar-refractivity contribution in [3.8, 4) is 5.75 Å². The molecule has 1 aromatic rings. The summed E-state index contributed by atoms with van der Waals surface area (Å²) in [6.45, 7) is 1.16. The van der Waals surface area contributed by atoms with Crippen LogP contribution < -0.4 is 4.74 Å². The smallest absolute Gasteiger partial charge is 0.118 e. The van der Waals surface area contributed by atoms with Gasteiger partial charge in [0.05, 0.1) is 7.11 Å². The van der Waals surface area contributed by atoms with Gasteiger partial charge in [0.2, 0.25) is 0 Å². The normalized spacial score (nSPS) is 17.4. The first-order chi connectivity index (χ1) is 9.29. The van der Waals surface area contributed by atoms with Gasteiger partial charge in [0.15, 0.2) is 0 Å². The predicted octanol–water partition coefficient (Wildman–Crippen LogP) is 3.89. The molecule has 1 aliphatic carbocycles. The van der Waals surface area contributed by atoms with E-state index >= 15 is 0 Å². The summed E-state index contributed by atoms with van der Waals surface area (Å²) in [6.07, 6.45) is 9.61. The summed E-state index contributed by atoms with van der Waals surface area (Å²) in [5, 5.41) is 0. The predicted molar refractivity (Wildman–Crippen MR) is 80.8 cm³/mol. The molecule has 0 unspecified atom stereocenters. The molecule has 1 saturated carbocycles. The molecule has 0 spiro atoms. The van der Waals surface area contributed by atoms with Gasteiger partial charge in [0, 0.05) is 12.6 Å². The highest BCUT2D eigenvalue weighted by atomic mass is 16.5. The first-order valence-electron chi connectivity index (χ1n) is 7.63. The lowest BCUT2D eigenvalue weighted by Crippen LogP contribution is -2.32. The van der Waals surface area contributed by atoms with E-state index in [0.29, 0.717) is 0 Å². The molecule has 2 nitrogen and oxygen atoms in total. The molecule has 106 valence electrons. The van der Waals surface area contributed by atoms with E-state index in [0.717, 1.165) is 24.8 Å². The molecule has 0 radical (unpaired) electrons. The summed E-state index contributed by atoms with van der Waals surface area (Å²) < 4.78 is 5.19. The summed E-state index contributed by atoms with van der Waals surface area (Å²) >= 11 is 0. The van der Waals surface area contributed by atoms with Crippen molar-refractivity contribution in [1.29, 1.82) is 0 Å². The quantitative estimate of drug-likeness (QED) is 0.746. The van der Waals surface area contributed by atoms with E-state index in [2.05, 4.69) is 36.2 Å². The van der Waals surface area contributed by atoms with Gasteiger partial charge in [-0.25, -0.2) is 0 Å². The molecule has 2 rings (SSSR count). The molecule has 0 aliphatic heterocycles. The van der Waals surface area contributed by atoms with Gasteiger partial charge in [0.25, 0.3) is 0 Å². The number of rotatable bonds is 5. The molecule has 0 N–H and O–H groups in total. The first-order valence-corrected chi connectivity index (χ1v) is 7.63. The fourth-order valence-corrected chi connectivity index (χ4v) is 2.98. The lowest BCUT2D eigenvalue weighted by atomic mass is 10.1. The van der Waals surface area contributed by atoms with E-state index in [1.165, 1.54) is 44.1 Å². The van der Waals surface area contributed by atoms with Crippen LogP contribution in [0.15, 0.2) is 24.3 Å². The largest absolute Gasteiger partial charge is 0.497 e. The van der Waals surface area contributed by atoms with Crippen molar-refractivity contribution < 1.29 is 4.74 Å². The Morgan fingerprint density at radius 2 is 1.68 bits per heavy atom. The zero-order valence-electron chi connectivity index (χ0n) is 12.4. The highest BCUT2D eigenvalue weighted by Crippen LogP contribution is 2.21. The number of methoxy groups -OCH3 is 1. The van der Waals surface area contributed by atoms with Crippen LogP contribution in [0.3, 0.4) is 0 Å². The van der Waals surface area contributed by atoms with Gasteiger partial charge in [-0.1, -0.05) is 37.8 Å². The molecule has 0 heterocycles. The van der Waals surface area contributed by atoms with E-state index < -0.39 is 0 Å². The Morgan fingerprint density at radius 1 is 1.05 bits per heavy atom. The second-order valence-corrected chi connectivity index (χ2v) is 5.72. The Labute approximate surface area is 117 Å². The summed E-state index contributed by atoms with van der Waals surface area (Å²) in [5.74, 6) is 0.945. The minimum Gasteiger partial charge on any atom is -0.497 e. The Balaban J connectivity index is 1.79. The van der Waals surface area contributed by atoms with Gasteiger partial charge in [-0.15, -0.1) is 0 Å². The van der Waals surface area contributed by atoms with Crippen LogP contribution in [0.2, 0.25) is 0 Å². The van der Waals surface area contributed by atoms with Crippen LogP contribution in [0.5, 0.6) is 5.75 Å². The van der Waals surface area contributed by atoms with E-state index in [1.54, 1.807) is 7.11 Å². The third-order valence-corrected chi connectivity index (χ3v) is 4.36. The minimum atomic E-state index is 0.806. The van der Waals surface area contributed by atoms with Crippen molar-refractivity contribution in [1.82, 2.24) is 4.90 Å². The van der Waals surface area contributed by atoms with Gasteiger partial charge in [-0.2, -0.15) is 0 Å². The van der Waals surface area contributed by atoms with Gasteiger partial charge in [0.1, 0.15) is 5.75 Å². The second-order valence-electron chi connectivity index (χ2n) is 5.72. The van der Waals surface area contributed by atoms with E-state index in [-0.39, 0.29) is 0 Å². The number of benzene rings is 1. The molecule has 0 bridgehead atoms. The number of hydrogen-bond donors (Lipinski definition) is 0. The molecule has 0 saturated heterocycles. The van der Waals surface area contributed by atoms with Crippen LogP contribution >= 0.6 is 0 Å². The minimum absolute atomic E-state index is 0.806. The number of ether oxygens (including phenoxy) is 1. The monoisotopic (exact) mass is 261 g/mol. The van der Waals surface area contributed by atoms with Crippen molar-refractivity contribution in [2.45, 2.75) is 51.0 Å². The molecule has 0 aromatic heterocycles. The molecule has 1 fully saturated rings. The molecule has 0 amide bonds.